The Kier molecular flexibility index (Phi) is 6.05. The summed E-state index contributed by atoms with van der Waals surface area (Å²) in [5.74, 6) is 0.245. The number of nitrogens with one attached hydrogen (secondary N) is 1. The van der Waals surface area contributed by atoms with Crippen LogP contribution in [0.15, 0.2) is 12.1 Å². The Balaban J connectivity index is 1.80. The second-order valence-electron chi connectivity index (χ2n) is 5.59. The van der Waals surface area contributed by atoms with Gasteiger partial charge in [0.1, 0.15) is 6.17 Å². The molecule has 112 valence electrons. The fourth-order valence-corrected chi connectivity index (χ4v) is 3.68. The minimum Gasteiger partial charge on any atom is -0.321 e. The lowest BCUT2D eigenvalue weighted by molar-refractivity contribution is -0.128. The first kappa shape index (κ1) is 15.5. The Bertz CT molecular complexity index is 430. The molecule has 0 radical (unpaired) electrons. The van der Waals surface area contributed by atoms with Gasteiger partial charge in [-0.1, -0.05) is 39.0 Å². The van der Waals surface area contributed by atoms with E-state index in [4.69, 9.17) is 0 Å². The minimum absolute atomic E-state index is 0.108. The summed E-state index contributed by atoms with van der Waals surface area (Å²) in [4.78, 5) is 16.6. The third kappa shape index (κ3) is 4.06. The summed E-state index contributed by atoms with van der Waals surface area (Å²) in [7, 11) is 0. The van der Waals surface area contributed by atoms with Crippen LogP contribution in [-0.2, 0) is 4.79 Å². The maximum absolute atomic E-state index is 12.0. The first-order chi connectivity index (χ1) is 9.72. The molecule has 3 nitrogen and oxygen atoms in total. The molecule has 2 rings (SSSR count). The van der Waals surface area contributed by atoms with Crippen LogP contribution in [0.25, 0.3) is 0 Å². The molecule has 1 aliphatic heterocycles. The van der Waals surface area contributed by atoms with E-state index in [1.54, 1.807) is 11.3 Å². The van der Waals surface area contributed by atoms with Crippen molar-refractivity contribution >= 4 is 17.2 Å². The van der Waals surface area contributed by atoms with Gasteiger partial charge in [0.05, 0.1) is 6.54 Å². The lowest BCUT2D eigenvalue weighted by Crippen LogP contribution is -2.30. The minimum atomic E-state index is 0.108. The molecule has 0 saturated carbocycles. The quantitative estimate of drug-likeness (QED) is 0.739. The number of amides is 1. The molecule has 1 aliphatic rings. The Hall–Kier alpha value is -0.870. The van der Waals surface area contributed by atoms with Crippen molar-refractivity contribution in [2.24, 2.45) is 0 Å². The van der Waals surface area contributed by atoms with Crippen LogP contribution in [-0.4, -0.2) is 23.9 Å². The van der Waals surface area contributed by atoms with Crippen LogP contribution in [0.2, 0.25) is 0 Å². The van der Waals surface area contributed by atoms with Gasteiger partial charge >= 0.3 is 0 Å². The van der Waals surface area contributed by atoms with Gasteiger partial charge in [-0.25, -0.2) is 0 Å². The van der Waals surface area contributed by atoms with Crippen molar-refractivity contribution in [2.75, 3.05) is 13.1 Å². The number of aryl methyl sites for hydroxylation is 1. The first-order valence-electron chi connectivity index (χ1n) is 7.81. The van der Waals surface area contributed by atoms with Crippen LogP contribution in [0.5, 0.6) is 0 Å². The molecule has 20 heavy (non-hydrogen) atoms. The Morgan fingerprint density at radius 3 is 2.70 bits per heavy atom. The van der Waals surface area contributed by atoms with E-state index in [-0.39, 0.29) is 12.1 Å². The van der Waals surface area contributed by atoms with Gasteiger partial charge in [0.25, 0.3) is 0 Å². The Labute approximate surface area is 126 Å². The average Bonchev–Trinajstić information content (AvgIpc) is 3.01. The number of nitrogens with zero attached hydrogens (tertiary/aromatic N) is 1. The molecule has 0 aliphatic carbocycles. The highest BCUT2D eigenvalue weighted by molar-refractivity contribution is 7.12. The van der Waals surface area contributed by atoms with Crippen molar-refractivity contribution < 1.29 is 4.79 Å². The molecule has 1 aromatic rings. The van der Waals surface area contributed by atoms with Crippen LogP contribution >= 0.6 is 11.3 Å². The molecule has 0 spiro atoms. The summed E-state index contributed by atoms with van der Waals surface area (Å²) in [5.41, 5.74) is 0. The van der Waals surface area contributed by atoms with Crippen LogP contribution < -0.4 is 5.32 Å². The molecule has 1 aromatic heterocycles. The third-order valence-corrected chi connectivity index (χ3v) is 4.91. The molecule has 1 N–H and O–H groups in total. The van der Waals surface area contributed by atoms with Crippen LogP contribution in [0.4, 0.5) is 0 Å². The predicted molar refractivity (Wildman–Crippen MR) is 84.9 cm³/mol. The number of hydrogen-bond donors (Lipinski definition) is 1. The Morgan fingerprint density at radius 2 is 2.00 bits per heavy atom. The number of carbonyl (C=O) groups excluding carboxylic acids is 1. The van der Waals surface area contributed by atoms with E-state index in [9.17, 15) is 4.79 Å². The van der Waals surface area contributed by atoms with Crippen molar-refractivity contribution in [2.45, 2.75) is 58.5 Å². The van der Waals surface area contributed by atoms with Gasteiger partial charge in [0.2, 0.25) is 5.91 Å². The lowest BCUT2D eigenvalue weighted by atomic mass is 10.1. The van der Waals surface area contributed by atoms with Gasteiger partial charge in [0, 0.05) is 16.3 Å². The topological polar surface area (TPSA) is 32.3 Å². The Morgan fingerprint density at radius 1 is 1.25 bits per heavy atom. The second-order valence-corrected chi connectivity index (χ2v) is 6.91. The molecule has 1 fully saturated rings. The first-order valence-corrected chi connectivity index (χ1v) is 8.63. The van der Waals surface area contributed by atoms with E-state index in [0.29, 0.717) is 6.54 Å². The average molecular weight is 294 g/mol. The third-order valence-electron chi connectivity index (χ3n) is 3.86. The number of thiophene rings is 1. The van der Waals surface area contributed by atoms with Crippen LogP contribution in [0, 0.1) is 6.92 Å². The number of rotatable bonds is 8. The summed E-state index contributed by atoms with van der Waals surface area (Å²) in [6.07, 6.45) is 7.72. The van der Waals surface area contributed by atoms with Crippen molar-refractivity contribution in [3.05, 3.63) is 21.9 Å². The van der Waals surface area contributed by atoms with Gasteiger partial charge in [-0.2, -0.15) is 0 Å². The summed E-state index contributed by atoms with van der Waals surface area (Å²) in [6.45, 7) is 5.72. The highest BCUT2D eigenvalue weighted by Gasteiger charge is 2.31. The maximum atomic E-state index is 12.0. The van der Waals surface area contributed by atoms with Gasteiger partial charge in [0.15, 0.2) is 0 Å². The molecule has 1 amide bonds. The smallest absolute Gasteiger partial charge is 0.238 e. The van der Waals surface area contributed by atoms with Gasteiger partial charge in [-0.3, -0.25) is 10.1 Å². The fraction of sp³-hybridized carbons (Fsp3) is 0.688. The molecular formula is C16H26N2OS. The highest BCUT2D eigenvalue weighted by atomic mass is 32.1. The molecule has 4 heteroatoms. The molecule has 1 atom stereocenters. The SMILES string of the molecule is CCCCCCCCN1C(=O)CNC1c1ccc(C)s1. The number of unbranched alkanes of at least 4 members (excludes halogenated alkanes) is 5. The normalized spacial score (nSPS) is 19.0. The summed E-state index contributed by atoms with van der Waals surface area (Å²) in [6, 6.07) is 4.28. The molecule has 2 heterocycles. The van der Waals surface area contributed by atoms with E-state index < -0.39 is 0 Å². The zero-order chi connectivity index (χ0) is 14.4. The fourth-order valence-electron chi connectivity index (χ4n) is 2.71. The van der Waals surface area contributed by atoms with Gasteiger partial charge in [-0.05, 0) is 25.5 Å². The molecule has 0 aromatic carbocycles. The zero-order valence-corrected chi connectivity index (χ0v) is 13.5. The molecule has 1 unspecified atom stereocenters. The van der Waals surface area contributed by atoms with E-state index >= 15 is 0 Å². The largest absolute Gasteiger partial charge is 0.321 e. The van der Waals surface area contributed by atoms with Gasteiger partial charge in [-0.15, -0.1) is 11.3 Å². The molecule has 1 saturated heterocycles. The summed E-state index contributed by atoms with van der Waals surface area (Å²) < 4.78 is 0. The van der Waals surface area contributed by atoms with E-state index in [2.05, 4.69) is 31.3 Å². The van der Waals surface area contributed by atoms with E-state index in [0.717, 1.165) is 13.0 Å². The monoisotopic (exact) mass is 294 g/mol. The summed E-state index contributed by atoms with van der Waals surface area (Å²) >= 11 is 1.78. The van der Waals surface area contributed by atoms with E-state index in [1.807, 2.05) is 4.90 Å². The standard InChI is InChI=1S/C16H26N2OS/c1-3-4-5-6-7-8-11-18-15(19)12-17-16(18)14-10-9-13(2)20-14/h9-10,16-17H,3-8,11-12H2,1-2H3. The maximum Gasteiger partial charge on any atom is 0.238 e. The second kappa shape index (κ2) is 7.79. The van der Waals surface area contributed by atoms with Crippen molar-refractivity contribution in [1.82, 2.24) is 10.2 Å². The van der Waals surface area contributed by atoms with Crippen molar-refractivity contribution in [3.8, 4) is 0 Å². The highest BCUT2D eigenvalue weighted by Crippen LogP contribution is 2.28. The number of carbonyl (C=O) groups is 1. The van der Waals surface area contributed by atoms with Crippen molar-refractivity contribution in [3.63, 3.8) is 0 Å². The van der Waals surface area contributed by atoms with Gasteiger partial charge < -0.3 is 4.90 Å². The molecule has 0 bridgehead atoms. The van der Waals surface area contributed by atoms with Crippen LogP contribution in [0.1, 0.15) is 61.4 Å². The lowest BCUT2D eigenvalue weighted by Gasteiger charge is -2.23. The predicted octanol–water partition coefficient (Wildman–Crippen LogP) is 3.85. The van der Waals surface area contributed by atoms with Crippen LogP contribution in [0.3, 0.4) is 0 Å². The van der Waals surface area contributed by atoms with Crippen molar-refractivity contribution in [1.29, 1.82) is 0 Å². The number of hydrogen-bond acceptors (Lipinski definition) is 3. The molecular weight excluding hydrogens is 268 g/mol. The zero-order valence-electron chi connectivity index (χ0n) is 12.7. The van der Waals surface area contributed by atoms with E-state index in [1.165, 1.54) is 41.9 Å². The summed E-state index contributed by atoms with van der Waals surface area (Å²) in [5, 5.41) is 3.33.